The van der Waals surface area contributed by atoms with Crippen LogP contribution in [0.25, 0.3) is 5.57 Å². The third kappa shape index (κ3) is 3.26. The summed E-state index contributed by atoms with van der Waals surface area (Å²) in [4.78, 5) is 27.9. The van der Waals surface area contributed by atoms with Crippen molar-refractivity contribution in [3.63, 3.8) is 0 Å². The highest BCUT2D eigenvalue weighted by Gasteiger charge is 2.40. The zero-order valence-electron chi connectivity index (χ0n) is 16.6. The predicted octanol–water partition coefficient (Wildman–Crippen LogP) is 3.82. The number of carbonyl (C=O) groups is 2. The minimum absolute atomic E-state index is 0.152. The second-order valence-electron chi connectivity index (χ2n) is 6.95. The molecule has 2 heterocycles. The second-order valence-corrected chi connectivity index (χ2v) is 6.95. The van der Waals surface area contributed by atoms with Gasteiger partial charge in [-0.3, -0.25) is 9.59 Å². The van der Waals surface area contributed by atoms with Crippen molar-refractivity contribution in [3.05, 3.63) is 84.1 Å². The van der Waals surface area contributed by atoms with Crippen molar-refractivity contribution < 1.29 is 23.8 Å². The van der Waals surface area contributed by atoms with Crippen LogP contribution in [0.5, 0.6) is 17.2 Å². The fourth-order valence-electron chi connectivity index (χ4n) is 3.60. The number of amides is 2. The smallest absolute Gasteiger partial charge is 0.282 e. The summed E-state index contributed by atoms with van der Waals surface area (Å²) in [5, 5.41) is 3.13. The number of nitrogens with zero attached hydrogens (tertiary/aromatic N) is 1. The van der Waals surface area contributed by atoms with Gasteiger partial charge in [-0.1, -0.05) is 30.3 Å². The van der Waals surface area contributed by atoms with E-state index in [1.165, 1.54) is 0 Å². The van der Waals surface area contributed by atoms with E-state index >= 15 is 0 Å². The average molecular weight is 414 g/mol. The number of carbonyl (C=O) groups excluding carboxylic acids is 2. The number of benzene rings is 3. The quantitative estimate of drug-likeness (QED) is 0.640. The molecule has 3 aromatic rings. The maximum Gasteiger partial charge on any atom is 0.282 e. The molecule has 0 radical (unpaired) electrons. The van der Waals surface area contributed by atoms with Crippen molar-refractivity contribution in [3.8, 4) is 17.2 Å². The van der Waals surface area contributed by atoms with E-state index in [4.69, 9.17) is 14.2 Å². The molecule has 2 aliphatic heterocycles. The van der Waals surface area contributed by atoms with Gasteiger partial charge >= 0.3 is 0 Å². The maximum atomic E-state index is 13.4. The van der Waals surface area contributed by atoms with Crippen LogP contribution in [0.2, 0.25) is 0 Å². The first-order chi connectivity index (χ1) is 15.2. The SMILES string of the molecule is COc1ccc(N2C(=O)C(Nc3ccc4c(c3)OCO4)=C(c3ccccc3)C2=O)cc1. The normalized spacial score (nSPS) is 14.9. The molecule has 0 saturated carbocycles. The highest BCUT2D eigenvalue weighted by Crippen LogP contribution is 2.37. The number of methoxy groups -OCH3 is 1. The molecule has 5 rings (SSSR count). The number of fused-ring (bicyclic) bond motifs is 1. The molecule has 0 unspecified atom stereocenters. The average Bonchev–Trinajstić information content (AvgIpc) is 3.36. The third-order valence-electron chi connectivity index (χ3n) is 5.12. The summed E-state index contributed by atoms with van der Waals surface area (Å²) in [5.74, 6) is 1.02. The van der Waals surface area contributed by atoms with Gasteiger partial charge in [0.25, 0.3) is 11.8 Å². The van der Waals surface area contributed by atoms with Crippen LogP contribution in [0.3, 0.4) is 0 Å². The monoisotopic (exact) mass is 414 g/mol. The molecule has 7 nitrogen and oxygen atoms in total. The number of hydrogen-bond donors (Lipinski definition) is 1. The van der Waals surface area contributed by atoms with E-state index in [1.807, 2.05) is 18.2 Å². The van der Waals surface area contributed by atoms with E-state index in [-0.39, 0.29) is 12.5 Å². The molecule has 1 N–H and O–H groups in total. The first-order valence-corrected chi connectivity index (χ1v) is 9.65. The Labute approximate surface area is 178 Å². The number of imide groups is 1. The lowest BCUT2D eigenvalue weighted by Gasteiger charge is -2.16. The Morgan fingerprint density at radius 2 is 1.61 bits per heavy atom. The van der Waals surface area contributed by atoms with Gasteiger partial charge in [0, 0.05) is 11.8 Å². The van der Waals surface area contributed by atoms with Crippen molar-refractivity contribution in [2.45, 2.75) is 0 Å². The van der Waals surface area contributed by atoms with Crippen LogP contribution < -0.4 is 24.4 Å². The fraction of sp³-hybridized carbons (Fsp3) is 0.0833. The summed E-state index contributed by atoms with van der Waals surface area (Å²) in [5.41, 5.74) is 2.24. The largest absolute Gasteiger partial charge is 0.497 e. The Kier molecular flexibility index (Phi) is 4.55. The Balaban J connectivity index is 1.56. The Morgan fingerprint density at radius 3 is 2.35 bits per heavy atom. The Hall–Kier alpha value is -4.26. The number of hydrogen-bond acceptors (Lipinski definition) is 6. The van der Waals surface area contributed by atoms with Gasteiger partial charge in [-0.05, 0) is 42.0 Å². The topological polar surface area (TPSA) is 77.1 Å². The molecule has 0 spiro atoms. The van der Waals surface area contributed by atoms with Crippen LogP contribution in [0, 0.1) is 0 Å². The van der Waals surface area contributed by atoms with Crippen LogP contribution in [-0.2, 0) is 9.59 Å². The number of anilines is 2. The number of ether oxygens (including phenoxy) is 3. The molecule has 7 heteroatoms. The Bertz CT molecular complexity index is 1200. The second kappa shape index (κ2) is 7.53. The van der Waals surface area contributed by atoms with Gasteiger partial charge in [0.15, 0.2) is 11.5 Å². The van der Waals surface area contributed by atoms with Crippen molar-refractivity contribution in [1.29, 1.82) is 0 Å². The number of rotatable bonds is 5. The molecule has 0 aliphatic carbocycles. The highest BCUT2D eigenvalue weighted by molar-refractivity contribution is 6.46. The van der Waals surface area contributed by atoms with Gasteiger partial charge in [0.1, 0.15) is 11.4 Å². The van der Waals surface area contributed by atoms with Crippen molar-refractivity contribution in [2.24, 2.45) is 0 Å². The predicted molar refractivity (Wildman–Crippen MR) is 115 cm³/mol. The molecule has 0 bridgehead atoms. The molecule has 31 heavy (non-hydrogen) atoms. The summed E-state index contributed by atoms with van der Waals surface area (Å²) in [6, 6.07) is 21.2. The minimum Gasteiger partial charge on any atom is -0.497 e. The fourth-order valence-corrected chi connectivity index (χ4v) is 3.60. The molecular weight excluding hydrogens is 396 g/mol. The van der Waals surface area contributed by atoms with Crippen LogP contribution in [0.4, 0.5) is 11.4 Å². The third-order valence-corrected chi connectivity index (χ3v) is 5.12. The summed E-state index contributed by atoms with van der Waals surface area (Å²) in [6.07, 6.45) is 0. The summed E-state index contributed by atoms with van der Waals surface area (Å²) in [7, 11) is 1.56. The van der Waals surface area contributed by atoms with E-state index in [1.54, 1.807) is 61.7 Å². The summed E-state index contributed by atoms with van der Waals surface area (Å²) in [6.45, 7) is 0.152. The van der Waals surface area contributed by atoms with Crippen LogP contribution in [-0.4, -0.2) is 25.7 Å². The minimum atomic E-state index is -0.438. The van der Waals surface area contributed by atoms with Gasteiger partial charge in [-0.2, -0.15) is 0 Å². The van der Waals surface area contributed by atoms with Crippen LogP contribution in [0.1, 0.15) is 5.56 Å². The molecule has 0 aromatic heterocycles. The zero-order valence-corrected chi connectivity index (χ0v) is 16.6. The molecular formula is C24H18N2O5. The molecule has 0 atom stereocenters. The molecule has 2 aliphatic rings. The van der Waals surface area contributed by atoms with E-state index in [2.05, 4.69) is 5.32 Å². The van der Waals surface area contributed by atoms with E-state index < -0.39 is 11.8 Å². The summed E-state index contributed by atoms with van der Waals surface area (Å²) >= 11 is 0. The van der Waals surface area contributed by atoms with Crippen molar-refractivity contribution >= 4 is 28.8 Å². The number of nitrogens with one attached hydrogen (secondary N) is 1. The Morgan fingerprint density at radius 1 is 0.871 bits per heavy atom. The molecule has 2 amide bonds. The van der Waals surface area contributed by atoms with Gasteiger partial charge in [0.2, 0.25) is 6.79 Å². The van der Waals surface area contributed by atoms with Crippen molar-refractivity contribution in [1.82, 2.24) is 0 Å². The van der Waals surface area contributed by atoms with Crippen molar-refractivity contribution in [2.75, 3.05) is 24.1 Å². The molecule has 3 aromatic carbocycles. The first kappa shape index (κ1) is 18.7. The van der Waals surface area contributed by atoms with E-state index in [0.717, 1.165) is 4.90 Å². The summed E-state index contributed by atoms with van der Waals surface area (Å²) < 4.78 is 15.9. The van der Waals surface area contributed by atoms with E-state index in [0.29, 0.717) is 39.8 Å². The lowest BCUT2D eigenvalue weighted by atomic mass is 10.0. The van der Waals surface area contributed by atoms with Gasteiger partial charge in [0.05, 0.1) is 18.4 Å². The molecule has 0 fully saturated rings. The van der Waals surface area contributed by atoms with Crippen LogP contribution >= 0.6 is 0 Å². The van der Waals surface area contributed by atoms with E-state index in [9.17, 15) is 9.59 Å². The first-order valence-electron chi connectivity index (χ1n) is 9.65. The van der Waals surface area contributed by atoms with Gasteiger partial charge < -0.3 is 19.5 Å². The lowest BCUT2D eigenvalue weighted by molar-refractivity contribution is -0.120. The highest BCUT2D eigenvalue weighted by atomic mass is 16.7. The van der Waals surface area contributed by atoms with Gasteiger partial charge in [-0.25, -0.2) is 4.90 Å². The lowest BCUT2D eigenvalue weighted by Crippen LogP contribution is -2.32. The molecule has 0 saturated heterocycles. The van der Waals surface area contributed by atoms with Crippen LogP contribution in [0.15, 0.2) is 78.5 Å². The molecule has 154 valence electrons. The maximum absolute atomic E-state index is 13.4. The standard InChI is InChI=1S/C24H18N2O5/c1-29-18-10-8-17(9-11-18)26-23(27)21(15-5-3-2-4-6-15)22(24(26)28)25-16-7-12-19-20(13-16)31-14-30-19/h2-13,25H,14H2,1H3. The van der Waals surface area contributed by atoms with Gasteiger partial charge in [-0.15, -0.1) is 0 Å². The zero-order chi connectivity index (χ0) is 21.4.